The fourth-order valence-electron chi connectivity index (χ4n) is 1.26. The van der Waals surface area contributed by atoms with Crippen LogP contribution >= 0.6 is 46.4 Å². The van der Waals surface area contributed by atoms with Gasteiger partial charge in [-0.1, -0.05) is 51.6 Å². The van der Waals surface area contributed by atoms with Crippen molar-refractivity contribution >= 4 is 57.8 Å². The van der Waals surface area contributed by atoms with Crippen LogP contribution in [0.5, 0.6) is 0 Å². The van der Waals surface area contributed by atoms with E-state index in [9.17, 15) is 0 Å². The zero-order valence-electron chi connectivity index (χ0n) is 9.37. The number of rotatable bonds is 3. The largest absolute Gasteiger partial charge is 0.260 e. The number of nitrogens with one attached hydrogen (secondary N) is 1. The first-order valence-corrected chi connectivity index (χ1v) is 6.64. The summed E-state index contributed by atoms with van der Waals surface area (Å²) in [7, 11) is 0. The molecule has 0 aliphatic heterocycles. The van der Waals surface area contributed by atoms with Crippen molar-refractivity contribution in [3.05, 3.63) is 56.5 Å². The van der Waals surface area contributed by atoms with Gasteiger partial charge in [0, 0.05) is 5.02 Å². The van der Waals surface area contributed by atoms with Gasteiger partial charge in [-0.05, 0) is 36.4 Å². The van der Waals surface area contributed by atoms with Gasteiger partial charge in [0.1, 0.15) is 5.69 Å². The first-order chi connectivity index (χ1) is 9.06. The van der Waals surface area contributed by atoms with Crippen molar-refractivity contribution in [2.24, 2.45) is 10.3 Å². The highest BCUT2D eigenvalue weighted by atomic mass is 35.5. The third-order valence-corrected chi connectivity index (χ3v) is 3.46. The number of hydrogen-bond acceptors (Lipinski definition) is 2. The summed E-state index contributed by atoms with van der Waals surface area (Å²) in [5, 5.41) is 9.65. The molecule has 0 radical (unpaired) electrons. The molecule has 3 nitrogen and oxygen atoms in total. The Bertz CT molecular complexity index is 628. The SMILES string of the molecule is Clc1ccc(Cl)c(N=NNc2ccc(Cl)c(Cl)c2)c1. The molecule has 0 atom stereocenters. The van der Waals surface area contributed by atoms with Crippen molar-refractivity contribution < 1.29 is 0 Å². The van der Waals surface area contributed by atoms with Crippen LogP contribution in [0.1, 0.15) is 0 Å². The van der Waals surface area contributed by atoms with E-state index < -0.39 is 0 Å². The van der Waals surface area contributed by atoms with Crippen molar-refractivity contribution in [2.75, 3.05) is 5.43 Å². The number of anilines is 1. The molecule has 98 valence electrons. The summed E-state index contributed by atoms with van der Waals surface area (Å²) >= 11 is 23.5. The van der Waals surface area contributed by atoms with E-state index in [4.69, 9.17) is 46.4 Å². The van der Waals surface area contributed by atoms with Crippen LogP contribution in [0, 0.1) is 0 Å². The normalized spacial score (nSPS) is 10.9. The molecule has 19 heavy (non-hydrogen) atoms. The Hall–Kier alpha value is -1.000. The smallest absolute Gasteiger partial charge is 0.107 e. The van der Waals surface area contributed by atoms with Gasteiger partial charge in [0.05, 0.1) is 20.8 Å². The van der Waals surface area contributed by atoms with E-state index in [1.54, 1.807) is 36.4 Å². The summed E-state index contributed by atoms with van der Waals surface area (Å²) in [4.78, 5) is 0. The minimum Gasteiger partial charge on any atom is -0.260 e. The lowest BCUT2D eigenvalue weighted by Crippen LogP contribution is -1.86. The Kier molecular flexibility index (Phi) is 4.88. The Balaban J connectivity index is 2.11. The molecule has 0 aromatic heterocycles. The van der Waals surface area contributed by atoms with Gasteiger partial charge in [0.2, 0.25) is 0 Å². The maximum absolute atomic E-state index is 5.95. The maximum atomic E-state index is 5.95. The zero-order valence-corrected chi connectivity index (χ0v) is 12.4. The molecule has 1 N–H and O–H groups in total. The van der Waals surface area contributed by atoms with Gasteiger partial charge in [-0.15, -0.1) is 5.11 Å². The van der Waals surface area contributed by atoms with E-state index in [-0.39, 0.29) is 0 Å². The number of benzene rings is 2. The number of nitrogens with zero attached hydrogens (tertiary/aromatic N) is 2. The lowest BCUT2D eigenvalue weighted by molar-refractivity contribution is 1.13. The van der Waals surface area contributed by atoms with Crippen LogP contribution in [-0.4, -0.2) is 0 Å². The van der Waals surface area contributed by atoms with Gasteiger partial charge in [-0.3, -0.25) is 5.43 Å². The minimum absolute atomic E-state index is 0.433. The van der Waals surface area contributed by atoms with E-state index in [0.29, 0.717) is 31.5 Å². The van der Waals surface area contributed by atoms with Crippen LogP contribution in [0.25, 0.3) is 0 Å². The van der Waals surface area contributed by atoms with Crippen molar-refractivity contribution in [2.45, 2.75) is 0 Å². The predicted molar refractivity (Wildman–Crippen MR) is 81.1 cm³/mol. The molecule has 2 aromatic carbocycles. The second kappa shape index (κ2) is 6.44. The van der Waals surface area contributed by atoms with Crippen molar-refractivity contribution in [1.82, 2.24) is 0 Å². The Morgan fingerprint density at radius 1 is 0.789 bits per heavy atom. The van der Waals surface area contributed by atoms with Crippen molar-refractivity contribution in [3.63, 3.8) is 0 Å². The second-order valence-electron chi connectivity index (χ2n) is 3.54. The molecule has 0 bridgehead atoms. The highest BCUT2D eigenvalue weighted by molar-refractivity contribution is 6.42. The number of hydrogen-bond donors (Lipinski definition) is 1. The fourth-order valence-corrected chi connectivity index (χ4v) is 1.88. The molecule has 0 fully saturated rings. The summed E-state index contributed by atoms with van der Waals surface area (Å²) in [6.45, 7) is 0. The van der Waals surface area contributed by atoms with Crippen LogP contribution in [0.3, 0.4) is 0 Å². The molecule has 0 saturated heterocycles. The highest BCUT2D eigenvalue weighted by Gasteiger charge is 2.00. The van der Waals surface area contributed by atoms with Crippen LogP contribution < -0.4 is 5.43 Å². The van der Waals surface area contributed by atoms with Crippen molar-refractivity contribution in [1.29, 1.82) is 0 Å². The topological polar surface area (TPSA) is 36.8 Å². The van der Waals surface area contributed by atoms with E-state index in [1.807, 2.05) is 0 Å². The molecular formula is C12H7Cl4N3. The van der Waals surface area contributed by atoms with E-state index >= 15 is 0 Å². The van der Waals surface area contributed by atoms with Gasteiger partial charge in [-0.25, -0.2) is 0 Å². The quantitative estimate of drug-likeness (QED) is 0.511. The molecule has 2 aromatic rings. The maximum Gasteiger partial charge on any atom is 0.107 e. The van der Waals surface area contributed by atoms with Gasteiger partial charge in [0.15, 0.2) is 0 Å². The van der Waals surface area contributed by atoms with E-state index in [1.165, 1.54) is 0 Å². The minimum atomic E-state index is 0.433. The summed E-state index contributed by atoms with van der Waals surface area (Å²) in [6, 6.07) is 9.97. The summed E-state index contributed by atoms with van der Waals surface area (Å²) in [6.07, 6.45) is 0. The Morgan fingerprint density at radius 2 is 1.53 bits per heavy atom. The van der Waals surface area contributed by atoms with E-state index in [0.717, 1.165) is 0 Å². The molecule has 0 unspecified atom stereocenters. The Labute approximate surface area is 130 Å². The molecule has 0 saturated carbocycles. The zero-order chi connectivity index (χ0) is 13.8. The summed E-state index contributed by atoms with van der Waals surface area (Å²) in [5.74, 6) is 0. The van der Waals surface area contributed by atoms with Crippen LogP contribution in [0.4, 0.5) is 11.4 Å². The summed E-state index contributed by atoms with van der Waals surface area (Å²) in [5.41, 5.74) is 3.86. The first kappa shape index (κ1) is 14.4. The van der Waals surface area contributed by atoms with Gasteiger partial charge >= 0.3 is 0 Å². The first-order valence-electron chi connectivity index (χ1n) is 5.13. The Morgan fingerprint density at radius 3 is 2.26 bits per heavy atom. The number of halogens is 4. The van der Waals surface area contributed by atoms with E-state index in [2.05, 4.69) is 15.8 Å². The van der Waals surface area contributed by atoms with Gasteiger partial charge < -0.3 is 0 Å². The summed E-state index contributed by atoms with van der Waals surface area (Å²) < 4.78 is 0. The molecule has 0 heterocycles. The lowest BCUT2D eigenvalue weighted by Gasteiger charge is -2.01. The van der Waals surface area contributed by atoms with Crippen LogP contribution in [0.2, 0.25) is 20.1 Å². The van der Waals surface area contributed by atoms with Crippen LogP contribution in [-0.2, 0) is 0 Å². The molecule has 0 amide bonds. The highest BCUT2D eigenvalue weighted by Crippen LogP contribution is 2.29. The molecule has 0 aliphatic rings. The molecule has 0 spiro atoms. The van der Waals surface area contributed by atoms with Crippen molar-refractivity contribution in [3.8, 4) is 0 Å². The average molecular weight is 335 g/mol. The molecular weight excluding hydrogens is 328 g/mol. The molecule has 7 heteroatoms. The van der Waals surface area contributed by atoms with Gasteiger partial charge in [0.25, 0.3) is 0 Å². The standard InChI is InChI=1S/C12H7Cl4N3/c13-7-1-3-10(15)12(5-7)18-19-17-8-2-4-9(14)11(16)6-8/h1-6H,(H,17,18). The van der Waals surface area contributed by atoms with Crippen LogP contribution in [0.15, 0.2) is 46.7 Å². The lowest BCUT2D eigenvalue weighted by atomic mass is 10.3. The average Bonchev–Trinajstić information content (AvgIpc) is 2.38. The fraction of sp³-hybridized carbons (Fsp3) is 0. The molecule has 2 rings (SSSR count). The third kappa shape index (κ3) is 3.98. The monoisotopic (exact) mass is 333 g/mol. The third-order valence-electron chi connectivity index (χ3n) is 2.16. The molecule has 0 aliphatic carbocycles. The second-order valence-corrected chi connectivity index (χ2v) is 5.19. The van der Waals surface area contributed by atoms with Gasteiger partial charge in [-0.2, -0.15) is 0 Å². The predicted octanol–water partition coefficient (Wildman–Crippen LogP) is 6.41.